The number of nitrogens with one attached hydrogen (secondary N) is 1. The number of rotatable bonds is 0. The molecule has 0 atom stereocenters. The monoisotopic (exact) mass is 203 g/mol. The van der Waals surface area contributed by atoms with Gasteiger partial charge in [-0.2, -0.15) is 0 Å². The van der Waals surface area contributed by atoms with Crippen LogP contribution in [0.5, 0.6) is 5.75 Å². The van der Waals surface area contributed by atoms with Crippen molar-refractivity contribution in [3.05, 3.63) is 29.3 Å². The molecule has 1 saturated carbocycles. The van der Waals surface area contributed by atoms with Crippen LogP contribution in [0.25, 0.3) is 0 Å². The number of amides is 1. The molecule has 3 nitrogen and oxygen atoms in total. The first kappa shape index (κ1) is 8.77. The zero-order valence-corrected chi connectivity index (χ0v) is 8.67. The first-order valence-corrected chi connectivity index (χ1v) is 5.31. The van der Waals surface area contributed by atoms with Crippen molar-refractivity contribution in [2.45, 2.75) is 31.9 Å². The van der Waals surface area contributed by atoms with Gasteiger partial charge in [0.05, 0.1) is 5.56 Å². The van der Waals surface area contributed by atoms with Crippen LogP contribution in [0.3, 0.4) is 0 Å². The molecule has 0 saturated heterocycles. The van der Waals surface area contributed by atoms with Crippen molar-refractivity contribution in [2.24, 2.45) is 0 Å². The molecule has 2 aliphatic rings. The number of benzene rings is 1. The van der Waals surface area contributed by atoms with Gasteiger partial charge in [-0.3, -0.25) is 4.79 Å². The molecule has 1 aromatic rings. The molecular formula is C12H13NO2. The Hall–Kier alpha value is -1.51. The molecule has 3 heteroatoms. The van der Waals surface area contributed by atoms with E-state index in [4.69, 9.17) is 4.74 Å². The van der Waals surface area contributed by atoms with Crippen LogP contribution in [-0.2, 0) is 0 Å². The molecule has 1 fully saturated rings. The molecule has 1 aliphatic heterocycles. The molecule has 1 N–H and O–H groups in total. The van der Waals surface area contributed by atoms with E-state index >= 15 is 0 Å². The van der Waals surface area contributed by atoms with Crippen molar-refractivity contribution in [2.75, 3.05) is 0 Å². The summed E-state index contributed by atoms with van der Waals surface area (Å²) in [4.78, 5) is 11.9. The summed E-state index contributed by atoms with van der Waals surface area (Å²) in [5, 5.41) is 2.95. The van der Waals surface area contributed by atoms with Crippen LogP contribution in [0.2, 0.25) is 0 Å². The molecule has 0 unspecified atom stereocenters. The molecule has 78 valence electrons. The number of fused-ring (bicyclic) bond motifs is 1. The van der Waals surface area contributed by atoms with E-state index in [9.17, 15) is 4.79 Å². The molecule has 0 aromatic heterocycles. The number of carbonyl (C=O) groups is 1. The van der Waals surface area contributed by atoms with E-state index < -0.39 is 5.72 Å². The van der Waals surface area contributed by atoms with Crippen LogP contribution in [-0.4, -0.2) is 11.6 Å². The molecule has 1 spiro atoms. The normalized spacial score (nSPS) is 21.3. The fourth-order valence-corrected chi connectivity index (χ4v) is 2.19. The van der Waals surface area contributed by atoms with Gasteiger partial charge in [-0.05, 0) is 25.0 Å². The van der Waals surface area contributed by atoms with E-state index in [0.717, 1.165) is 30.6 Å². The van der Waals surface area contributed by atoms with Crippen LogP contribution in [0.4, 0.5) is 0 Å². The molecular weight excluding hydrogens is 190 g/mol. The summed E-state index contributed by atoms with van der Waals surface area (Å²) >= 11 is 0. The number of aryl methyl sites for hydroxylation is 1. The third kappa shape index (κ3) is 1.16. The highest BCUT2D eigenvalue weighted by atomic mass is 16.5. The van der Waals surface area contributed by atoms with Crippen molar-refractivity contribution < 1.29 is 9.53 Å². The molecule has 1 heterocycles. The summed E-state index contributed by atoms with van der Waals surface area (Å²) in [6.07, 6.45) is 2.97. The highest BCUT2D eigenvalue weighted by molar-refractivity contribution is 5.98. The number of hydrogen-bond acceptors (Lipinski definition) is 2. The van der Waals surface area contributed by atoms with Crippen molar-refractivity contribution >= 4 is 5.91 Å². The number of ether oxygens (including phenoxy) is 1. The van der Waals surface area contributed by atoms with Gasteiger partial charge in [-0.15, -0.1) is 0 Å². The number of carbonyl (C=O) groups excluding carboxylic acids is 1. The van der Waals surface area contributed by atoms with Gasteiger partial charge in [-0.25, -0.2) is 0 Å². The fraction of sp³-hybridized carbons (Fsp3) is 0.417. The standard InChI is InChI=1S/C12H13NO2/c1-8-4-2-5-9-10(8)15-12(6-3-7-12)13-11(9)14/h2,4-5H,3,6-7H2,1H3,(H,13,14). The van der Waals surface area contributed by atoms with Crippen molar-refractivity contribution in [3.63, 3.8) is 0 Å². The lowest BCUT2D eigenvalue weighted by Gasteiger charge is -2.45. The summed E-state index contributed by atoms with van der Waals surface area (Å²) < 4.78 is 5.92. The Morgan fingerprint density at radius 3 is 2.87 bits per heavy atom. The van der Waals surface area contributed by atoms with Crippen LogP contribution in [0, 0.1) is 6.92 Å². The van der Waals surface area contributed by atoms with E-state index in [0.29, 0.717) is 5.56 Å². The SMILES string of the molecule is Cc1cccc2c1OC1(CCC1)NC2=O. The molecule has 1 amide bonds. The van der Waals surface area contributed by atoms with Crippen LogP contribution in [0.1, 0.15) is 35.2 Å². The zero-order valence-electron chi connectivity index (χ0n) is 8.67. The Labute approximate surface area is 88.4 Å². The van der Waals surface area contributed by atoms with E-state index in [1.807, 2.05) is 25.1 Å². The Morgan fingerprint density at radius 2 is 2.20 bits per heavy atom. The van der Waals surface area contributed by atoms with Crippen molar-refractivity contribution in [1.29, 1.82) is 0 Å². The Kier molecular flexibility index (Phi) is 1.61. The smallest absolute Gasteiger partial charge is 0.258 e. The van der Waals surface area contributed by atoms with E-state index in [2.05, 4.69) is 5.32 Å². The van der Waals surface area contributed by atoms with Gasteiger partial charge < -0.3 is 10.1 Å². The fourth-order valence-electron chi connectivity index (χ4n) is 2.19. The Morgan fingerprint density at radius 1 is 1.40 bits per heavy atom. The van der Waals surface area contributed by atoms with Crippen molar-refractivity contribution in [1.82, 2.24) is 5.32 Å². The minimum atomic E-state index is -0.393. The highest BCUT2D eigenvalue weighted by Crippen LogP contribution is 2.40. The van der Waals surface area contributed by atoms with Gasteiger partial charge >= 0.3 is 0 Å². The maximum atomic E-state index is 11.9. The number of hydrogen-bond donors (Lipinski definition) is 1. The minimum absolute atomic E-state index is 0.000324. The Balaban J connectivity index is 2.09. The molecule has 0 radical (unpaired) electrons. The first-order chi connectivity index (χ1) is 7.20. The molecule has 3 rings (SSSR count). The predicted molar refractivity (Wildman–Crippen MR) is 55.9 cm³/mol. The summed E-state index contributed by atoms with van der Waals surface area (Å²) in [6, 6.07) is 5.67. The van der Waals surface area contributed by atoms with Crippen LogP contribution < -0.4 is 10.1 Å². The van der Waals surface area contributed by atoms with E-state index in [1.54, 1.807) is 0 Å². The topological polar surface area (TPSA) is 38.3 Å². The largest absolute Gasteiger partial charge is 0.467 e. The minimum Gasteiger partial charge on any atom is -0.467 e. The second-order valence-corrected chi connectivity index (χ2v) is 4.36. The second-order valence-electron chi connectivity index (χ2n) is 4.36. The summed E-state index contributed by atoms with van der Waals surface area (Å²) in [5.74, 6) is 0.764. The van der Waals surface area contributed by atoms with E-state index in [1.165, 1.54) is 0 Å². The lowest BCUT2D eigenvalue weighted by atomic mass is 9.86. The Bertz CT molecular complexity index is 435. The maximum Gasteiger partial charge on any atom is 0.258 e. The molecule has 1 aromatic carbocycles. The highest BCUT2D eigenvalue weighted by Gasteiger charge is 2.45. The number of para-hydroxylation sites is 1. The average molecular weight is 203 g/mol. The first-order valence-electron chi connectivity index (χ1n) is 5.31. The predicted octanol–water partition coefficient (Wildman–Crippen LogP) is 2.00. The van der Waals surface area contributed by atoms with Gasteiger partial charge in [0.15, 0.2) is 5.72 Å². The van der Waals surface area contributed by atoms with E-state index in [-0.39, 0.29) is 5.91 Å². The van der Waals surface area contributed by atoms with Crippen LogP contribution in [0.15, 0.2) is 18.2 Å². The quantitative estimate of drug-likeness (QED) is 0.700. The maximum absolute atomic E-state index is 11.9. The summed E-state index contributed by atoms with van der Waals surface area (Å²) in [6.45, 7) is 1.98. The molecule has 1 aliphatic carbocycles. The summed E-state index contributed by atoms with van der Waals surface area (Å²) in [7, 11) is 0. The third-order valence-corrected chi connectivity index (χ3v) is 3.26. The van der Waals surface area contributed by atoms with Crippen molar-refractivity contribution in [3.8, 4) is 5.75 Å². The molecule has 15 heavy (non-hydrogen) atoms. The van der Waals surface area contributed by atoms with Gasteiger partial charge in [0, 0.05) is 12.8 Å². The second kappa shape index (κ2) is 2.75. The van der Waals surface area contributed by atoms with Crippen LogP contribution >= 0.6 is 0 Å². The van der Waals surface area contributed by atoms with Gasteiger partial charge in [-0.1, -0.05) is 12.1 Å². The average Bonchev–Trinajstić information content (AvgIpc) is 2.17. The van der Waals surface area contributed by atoms with Gasteiger partial charge in [0.2, 0.25) is 0 Å². The molecule has 0 bridgehead atoms. The van der Waals surface area contributed by atoms with Gasteiger partial charge in [0.25, 0.3) is 5.91 Å². The third-order valence-electron chi connectivity index (χ3n) is 3.26. The lowest BCUT2D eigenvalue weighted by molar-refractivity contribution is -0.0406. The lowest BCUT2D eigenvalue weighted by Crippen LogP contribution is -2.60. The summed E-state index contributed by atoms with van der Waals surface area (Å²) in [5.41, 5.74) is 1.30. The zero-order chi connectivity index (χ0) is 10.5. The van der Waals surface area contributed by atoms with Gasteiger partial charge in [0.1, 0.15) is 5.75 Å².